The zero-order valence-corrected chi connectivity index (χ0v) is 57.9. The van der Waals surface area contributed by atoms with Crippen LogP contribution in [0.15, 0.2) is 72.2 Å². The highest BCUT2D eigenvalue weighted by molar-refractivity contribution is 8.57. The smallest absolute Gasteiger partial charge is 0.386 e. The molecule has 0 spiro atoms. The van der Waals surface area contributed by atoms with E-state index < -0.39 is 148 Å². The molecule has 0 fully saturated rings. The van der Waals surface area contributed by atoms with Crippen molar-refractivity contribution < 1.29 is 130 Å². The molecule has 498 valence electrons. The standard InChI is InChI=1S/C5H15F4N5O3P4.C4H8F9N5OP4.C4H12F5N5O2P4.C3H9F6N5P4S/c1-14(2)19(7)10-18(6,5-15)11-20(8,16-3)13-21(9,12-19)17-4;1-18(2)22(12)14-20(8,9)16-23(13,17-21(10,11)15-22)19-3-4(5,6)7;1-14(2)19(8)10-17(5,4-15)11-20(9,16-3)13-18(6,7)12-19;1-14(2)17(8)10-15(4,5)12-18(9,19-3)13-16(6,7)11-17/h15H,5H2,1-4H3;3H2,1-2H3;15H,4H2,1-3H3;1-3H3. The normalized spacial score (nSPS) is 38.7. The molecule has 0 aromatic carbocycles. The second-order valence-electron chi connectivity index (χ2n) is 14.6. The van der Waals surface area contributed by atoms with Gasteiger partial charge in [-0.25, -0.2) is 18.7 Å². The topological polar surface area (TPSA) is 288 Å². The summed E-state index contributed by atoms with van der Waals surface area (Å²) in [6, 6.07) is 0. The number of hydrogen-bond donors (Lipinski definition) is 2. The molecule has 0 aromatic rings. The van der Waals surface area contributed by atoms with Gasteiger partial charge in [0.25, 0.3) is 15.0 Å². The van der Waals surface area contributed by atoms with Crippen molar-refractivity contribution in [3.8, 4) is 0 Å². The Kier molecular flexibility index (Phi) is 29.5. The lowest BCUT2D eigenvalue weighted by Gasteiger charge is -2.24. The molecule has 4 heterocycles. The van der Waals surface area contributed by atoms with Crippen LogP contribution in [0.4, 0.5) is 101 Å². The molecule has 2 N–H and O–H groups in total. The molecule has 0 bridgehead atoms. The van der Waals surface area contributed by atoms with Gasteiger partial charge in [-0.15, -0.1) is 96.2 Å². The van der Waals surface area contributed by atoms with Crippen LogP contribution in [0.2, 0.25) is 0 Å². The molecule has 4 aliphatic rings. The van der Waals surface area contributed by atoms with E-state index in [1.807, 2.05) is 9.03 Å². The third-order valence-electron chi connectivity index (χ3n) is 7.36. The summed E-state index contributed by atoms with van der Waals surface area (Å²) in [5, 5.41) is 17.9. The average Bonchev–Trinajstić information content (AvgIpc) is 3.24. The Bertz CT molecular complexity index is 3390. The number of nitrogens with zero attached hydrogens (tertiary/aromatic N) is 20. The van der Waals surface area contributed by atoms with Crippen LogP contribution < -0.4 is 0 Å². The summed E-state index contributed by atoms with van der Waals surface area (Å²) in [6.45, 7) is -7.31. The first-order valence-corrected chi connectivity index (χ1v) is 45.8. The quantitative estimate of drug-likeness (QED) is 0.137. The van der Waals surface area contributed by atoms with Gasteiger partial charge in [-0.05, 0) is 62.6 Å². The van der Waals surface area contributed by atoms with E-state index in [0.717, 1.165) is 81.5 Å². The zero-order chi connectivity index (χ0) is 65.8. The van der Waals surface area contributed by atoms with Crippen LogP contribution in [-0.2, 0) is 18.1 Å². The van der Waals surface area contributed by atoms with Crippen LogP contribution in [0.3, 0.4) is 0 Å². The Morgan fingerprint density at radius 2 is 0.627 bits per heavy atom. The molecule has 0 aromatic heterocycles. The van der Waals surface area contributed by atoms with Crippen molar-refractivity contribution in [1.29, 1.82) is 0 Å². The van der Waals surface area contributed by atoms with Crippen molar-refractivity contribution in [2.24, 2.45) is 72.2 Å². The fourth-order valence-electron chi connectivity index (χ4n) is 3.85. The summed E-state index contributed by atoms with van der Waals surface area (Å²) in [7, 11) is -69.8. The average molecular weight is 1600 g/mol. The van der Waals surface area contributed by atoms with Gasteiger partial charge in [-0.2, -0.15) is 77.4 Å². The summed E-state index contributed by atoms with van der Waals surface area (Å²) >= 11 is 0.0467. The minimum Gasteiger partial charge on any atom is -0.386 e. The second kappa shape index (κ2) is 29.5. The molecule has 83 heavy (non-hydrogen) atoms. The van der Waals surface area contributed by atoms with Crippen molar-refractivity contribution in [3.05, 3.63) is 0 Å². The van der Waals surface area contributed by atoms with E-state index >= 15 is 0 Å². The molecule has 67 heteroatoms. The first kappa shape index (κ1) is 83.0. The minimum atomic E-state index is -6.28. The predicted molar refractivity (Wildman–Crippen MR) is 288 cm³/mol. The number of hydrogen-bond acceptors (Lipinski definition) is 27. The summed E-state index contributed by atoms with van der Waals surface area (Å²) < 4.78 is 385. The van der Waals surface area contributed by atoms with Gasteiger partial charge in [0.1, 0.15) is 12.7 Å². The molecule has 11 unspecified atom stereocenters. The summed E-state index contributed by atoms with van der Waals surface area (Å²) in [6.07, 6.45) is -7.04. The second-order valence-corrected chi connectivity index (χ2v) is 49.9. The van der Waals surface area contributed by atoms with Crippen LogP contribution in [-0.4, -0.2) is 138 Å². The van der Waals surface area contributed by atoms with E-state index in [2.05, 4.69) is 81.3 Å². The highest BCUT2D eigenvalue weighted by atomic mass is 32.7. The van der Waals surface area contributed by atoms with Crippen LogP contribution >= 0.6 is 134 Å². The van der Waals surface area contributed by atoms with E-state index in [9.17, 15) is 101 Å². The lowest BCUT2D eigenvalue weighted by atomic mass is 10.7. The van der Waals surface area contributed by atoms with Gasteiger partial charge in [0.15, 0.2) is 6.61 Å². The van der Waals surface area contributed by atoms with Crippen molar-refractivity contribution in [1.82, 2.24) is 18.7 Å². The number of rotatable bonds is 12. The lowest BCUT2D eigenvalue weighted by Crippen LogP contribution is -2.15. The van der Waals surface area contributed by atoms with Gasteiger partial charge in [-0.1, -0.05) is 11.4 Å². The molecule has 0 amide bonds. The third kappa shape index (κ3) is 26.1. The number of aliphatic hydroxyl groups is 2. The first-order valence-electron chi connectivity index (χ1n) is 19.3. The van der Waals surface area contributed by atoms with E-state index in [1.54, 1.807) is 0 Å². The summed E-state index contributed by atoms with van der Waals surface area (Å²) in [5.41, 5.74) is 0. The van der Waals surface area contributed by atoms with E-state index in [1.165, 1.54) is 0 Å². The van der Waals surface area contributed by atoms with Crippen LogP contribution in [0.5, 0.6) is 0 Å². The minimum absolute atomic E-state index is 0.0467. The van der Waals surface area contributed by atoms with Gasteiger partial charge in [0.2, 0.25) is 0 Å². The van der Waals surface area contributed by atoms with Gasteiger partial charge >= 0.3 is 114 Å². The largest absolute Gasteiger partial charge is 0.424 e. The van der Waals surface area contributed by atoms with E-state index in [4.69, 9.17) is 10.2 Å². The zero-order valence-electron chi connectivity index (χ0n) is 42.7. The Balaban J connectivity index is 0.000000555. The molecular formula is C16H44F24N20O6P16S. The first-order chi connectivity index (χ1) is 36.7. The van der Waals surface area contributed by atoms with Crippen molar-refractivity contribution in [3.63, 3.8) is 0 Å². The highest BCUT2D eigenvalue weighted by Gasteiger charge is 2.46. The van der Waals surface area contributed by atoms with Crippen molar-refractivity contribution >= 4 is 134 Å². The highest BCUT2D eigenvalue weighted by Crippen LogP contribution is 2.87. The maximum Gasteiger partial charge on any atom is 0.424 e. The molecule has 4 aliphatic heterocycles. The van der Waals surface area contributed by atoms with Crippen molar-refractivity contribution in [2.45, 2.75) is 6.18 Å². The van der Waals surface area contributed by atoms with E-state index in [0.29, 0.717) is 16.5 Å². The maximum atomic E-state index is 14.7. The summed E-state index contributed by atoms with van der Waals surface area (Å²) in [4.78, 5) is 0. The Morgan fingerprint density at radius 1 is 0.349 bits per heavy atom. The van der Waals surface area contributed by atoms with Crippen LogP contribution in [0.1, 0.15) is 0 Å². The number of halogens is 24. The summed E-state index contributed by atoms with van der Waals surface area (Å²) in [5.74, 6) is 0. The monoisotopic (exact) mass is 1600 g/mol. The molecular weight excluding hydrogens is 1550 g/mol. The third-order valence-corrected chi connectivity index (χ3v) is 46.3. The maximum absolute atomic E-state index is 14.7. The van der Waals surface area contributed by atoms with Crippen LogP contribution in [0, 0.1) is 0 Å². The van der Waals surface area contributed by atoms with Gasteiger partial charge in [0.05, 0.1) is 0 Å². The van der Waals surface area contributed by atoms with Gasteiger partial charge in [-0.3, -0.25) is 4.52 Å². The number of aliphatic hydroxyl groups excluding tert-OH is 2. The van der Waals surface area contributed by atoms with Crippen molar-refractivity contribution in [2.75, 3.05) is 103 Å². The molecule has 0 saturated carbocycles. The number of alkyl halides is 3. The fourth-order valence-corrected chi connectivity index (χ4v) is 41.8. The predicted octanol–water partition coefficient (Wildman–Crippen LogP) is 26.7. The molecule has 0 radical (unpaired) electrons. The Hall–Kier alpha value is 1.95. The Morgan fingerprint density at radius 3 is 0.940 bits per heavy atom. The molecule has 11 atom stereocenters. The fraction of sp³-hybridized carbons (Fsp3) is 1.00. The van der Waals surface area contributed by atoms with Gasteiger partial charge in [0, 0.05) is 21.3 Å². The lowest BCUT2D eigenvalue weighted by molar-refractivity contribution is -0.153. The SMILES string of the molecule is CN(C)P1(F)=NP(F)(F)=NP(F)(OCC(F)(F)F)=NP(F)(F)=N1.COP1(F)=NP(F)(CO)=NP(F)(N(C)C)=NP(F)(F)=N1.COP1(F)=NP(F)(CO)=NP(F)(N(C)C)=NP(F)(OC)=N1.CSP1(F)=NP(F)(F)=NP(F)(N(C)C)=NP(F)(F)=N1. The molecule has 4 rings (SSSR count). The molecule has 26 nitrogen and oxygen atoms in total. The van der Waals surface area contributed by atoms with E-state index in [-0.39, 0.29) is 16.1 Å². The van der Waals surface area contributed by atoms with Gasteiger partial charge < -0.3 is 23.8 Å². The molecule has 0 aliphatic carbocycles. The Labute approximate surface area is 462 Å². The molecule has 0 saturated heterocycles. The van der Waals surface area contributed by atoms with Crippen LogP contribution in [0.25, 0.3) is 0 Å².